The van der Waals surface area contributed by atoms with Crippen molar-refractivity contribution in [1.29, 1.82) is 0 Å². The molecular formula is C6H12N3S+. The van der Waals surface area contributed by atoms with Gasteiger partial charge in [0.1, 0.15) is 17.1 Å². The summed E-state index contributed by atoms with van der Waals surface area (Å²) in [5.74, 6) is 0. The molecule has 56 valence electrons. The van der Waals surface area contributed by atoms with Crippen molar-refractivity contribution in [2.75, 3.05) is 0 Å². The fraction of sp³-hybridized carbons (Fsp3) is 0.833. The highest BCUT2D eigenvalue weighted by Crippen LogP contribution is 2.05. The van der Waals surface area contributed by atoms with Crippen LogP contribution in [0.1, 0.15) is 25.8 Å². The smallest absolute Gasteiger partial charge is 0.0689 e. The molecule has 0 saturated heterocycles. The van der Waals surface area contributed by atoms with Crippen LogP contribution in [0, 0.1) is 6.92 Å². The predicted molar refractivity (Wildman–Crippen MR) is 39.8 cm³/mol. The maximum absolute atomic E-state index is 3.97. The second kappa shape index (κ2) is 2.27. The Morgan fingerprint density at radius 1 is 1.40 bits per heavy atom. The number of nitrogens with zero attached hydrogens (tertiary/aromatic N) is 3. The van der Waals surface area contributed by atoms with E-state index in [1.165, 1.54) is 0 Å². The van der Waals surface area contributed by atoms with Crippen molar-refractivity contribution in [2.45, 2.75) is 33.2 Å². The van der Waals surface area contributed by atoms with Gasteiger partial charge in [0.2, 0.25) is 0 Å². The first-order valence-corrected chi connectivity index (χ1v) is 4.01. The van der Waals surface area contributed by atoms with Crippen molar-refractivity contribution in [1.82, 2.24) is 10.3 Å². The molecule has 0 saturated carbocycles. The Morgan fingerprint density at radius 3 is 2.20 bits per heavy atom. The van der Waals surface area contributed by atoms with Crippen LogP contribution in [-0.2, 0) is 5.54 Å². The monoisotopic (exact) mass is 158 g/mol. The van der Waals surface area contributed by atoms with Gasteiger partial charge in [0.05, 0.1) is 5.10 Å². The van der Waals surface area contributed by atoms with Crippen LogP contribution < -0.4 is 4.07 Å². The molecule has 0 aromatic carbocycles. The van der Waals surface area contributed by atoms with E-state index in [9.17, 15) is 0 Å². The number of hydrogen-bond donors (Lipinski definition) is 0. The van der Waals surface area contributed by atoms with Crippen molar-refractivity contribution < 1.29 is 4.07 Å². The minimum Gasteiger partial charge on any atom is -0.0689 e. The summed E-state index contributed by atoms with van der Waals surface area (Å²) in [7, 11) is 0. The average molecular weight is 158 g/mol. The van der Waals surface area contributed by atoms with Gasteiger partial charge in [-0.15, -0.1) is 0 Å². The summed E-state index contributed by atoms with van der Waals surface area (Å²) < 4.78 is 1.91. The third kappa shape index (κ3) is 1.50. The molecule has 0 aliphatic rings. The maximum atomic E-state index is 3.97. The van der Waals surface area contributed by atoms with Gasteiger partial charge in [-0.25, -0.2) is 0 Å². The summed E-state index contributed by atoms with van der Waals surface area (Å²) in [6.07, 6.45) is 0. The first-order chi connectivity index (χ1) is 4.50. The predicted octanol–water partition coefficient (Wildman–Crippen LogP) is 0.889. The lowest BCUT2D eigenvalue weighted by Gasteiger charge is -2.07. The lowest BCUT2D eigenvalue weighted by atomic mass is 10.1. The molecule has 0 aliphatic carbocycles. The third-order valence-electron chi connectivity index (χ3n) is 1.06. The molecule has 0 N–H and O–H groups in total. The van der Waals surface area contributed by atoms with Gasteiger partial charge in [-0.2, -0.15) is 0 Å². The van der Waals surface area contributed by atoms with E-state index in [4.69, 9.17) is 0 Å². The molecule has 0 spiro atoms. The third-order valence-corrected chi connectivity index (χ3v) is 2.20. The molecule has 3 nitrogen and oxygen atoms in total. The Balaban J connectivity index is 2.96. The summed E-state index contributed by atoms with van der Waals surface area (Å²) in [5, 5.41) is 8.90. The Morgan fingerprint density at radius 2 is 2.00 bits per heavy atom. The standard InChI is InChI=1S/C6H12N3S/c1-5-7-8-9(10-5)6(2,3)4/h1-4H3/q+1. The van der Waals surface area contributed by atoms with E-state index in [0.717, 1.165) is 5.01 Å². The van der Waals surface area contributed by atoms with Gasteiger partial charge in [-0.1, -0.05) is 4.07 Å². The number of aromatic nitrogens is 3. The van der Waals surface area contributed by atoms with E-state index < -0.39 is 0 Å². The van der Waals surface area contributed by atoms with E-state index >= 15 is 0 Å². The molecule has 0 aliphatic heterocycles. The molecule has 0 unspecified atom stereocenters. The van der Waals surface area contributed by atoms with E-state index in [2.05, 4.69) is 31.1 Å². The van der Waals surface area contributed by atoms with Crippen molar-refractivity contribution in [3.63, 3.8) is 0 Å². The van der Waals surface area contributed by atoms with Crippen LogP contribution in [0.3, 0.4) is 0 Å². The van der Waals surface area contributed by atoms with E-state index in [1.54, 1.807) is 11.5 Å². The molecule has 10 heavy (non-hydrogen) atoms. The van der Waals surface area contributed by atoms with Gasteiger partial charge in [-0.05, 0) is 20.8 Å². The number of aryl methyl sites for hydroxylation is 1. The molecule has 0 fully saturated rings. The number of hydrogen-bond acceptors (Lipinski definition) is 3. The van der Waals surface area contributed by atoms with Gasteiger partial charge in [0, 0.05) is 6.92 Å². The van der Waals surface area contributed by atoms with Crippen LogP contribution in [0.5, 0.6) is 0 Å². The first kappa shape index (κ1) is 7.60. The SMILES string of the molecule is Cc1nn[n+](C(C)(C)C)s1. The molecule has 4 heteroatoms. The molecule has 1 rings (SSSR count). The van der Waals surface area contributed by atoms with Gasteiger partial charge in [0.25, 0.3) is 5.01 Å². The second-order valence-electron chi connectivity index (χ2n) is 3.24. The van der Waals surface area contributed by atoms with Crippen LogP contribution in [0.25, 0.3) is 0 Å². The lowest BCUT2D eigenvalue weighted by Crippen LogP contribution is -2.49. The zero-order valence-corrected chi connectivity index (χ0v) is 7.57. The Bertz CT molecular complexity index is 223. The first-order valence-electron chi connectivity index (χ1n) is 3.23. The van der Waals surface area contributed by atoms with E-state index in [-0.39, 0.29) is 5.54 Å². The largest absolute Gasteiger partial charge is 0.269 e. The molecule has 0 radical (unpaired) electrons. The molecule has 1 aromatic rings. The van der Waals surface area contributed by atoms with Crippen LogP contribution in [0.15, 0.2) is 0 Å². The number of rotatable bonds is 0. The quantitative estimate of drug-likeness (QED) is 0.525. The van der Waals surface area contributed by atoms with Crippen molar-refractivity contribution in [2.24, 2.45) is 0 Å². The van der Waals surface area contributed by atoms with Crippen molar-refractivity contribution in [3.05, 3.63) is 5.01 Å². The average Bonchev–Trinajstić information content (AvgIpc) is 2.11. The molecular weight excluding hydrogens is 146 g/mol. The van der Waals surface area contributed by atoms with Crippen molar-refractivity contribution in [3.8, 4) is 0 Å². The molecule has 0 bridgehead atoms. The van der Waals surface area contributed by atoms with E-state index in [1.807, 2.05) is 11.0 Å². The molecule has 0 amide bonds. The Labute approximate surface area is 64.8 Å². The van der Waals surface area contributed by atoms with Crippen LogP contribution in [-0.4, -0.2) is 10.3 Å². The van der Waals surface area contributed by atoms with Crippen LogP contribution in [0.2, 0.25) is 0 Å². The fourth-order valence-corrected chi connectivity index (χ4v) is 1.21. The summed E-state index contributed by atoms with van der Waals surface area (Å²) >= 11 is 1.59. The Kier molecular flexibility index (Phi) is 1.72. The lowest BCUT2D eigenvalue weighted by molar-refractivity contribution is -0.749. The molecule has 1 heterocycles. The minimum absolute atomic E-state index is 0.0753. The maximum Gasteiger partial charge on any atom is 0.269 e. The highest BCUT2D eigenvalue weighted by atomic mass is 32.1. The van der Waals surface area contributed by atoms with Crippen molar-refractivity contribution >= 4 is 11.5 Å². The molecule has 1 aromatic heterocycles. The van der Waals surface area contributed by atoms with Crippen LogP contribution >= 0.6 is 11.5 Å². The van der Waals surface area contributed by atoms with Gasteiger partial charge < -0.3 is 0 Å². The van der Waals surface area contributed by atoms with Gasteiger partial charge in [-0.3, -0.25) is 0 Å². The zero-order valence-electron chi connectivity index (χ0n) is 6.75. The molecule has 0 atom stereocenters. The topological polar surface area (TPSA) is 29.7 Å². The summed E-state index contributed by atoms with van der Waals surface area (Å²) in [6.45, 7) is 8.28. The van der Waals surface area contributed by atoms with Crippen LogP contribution in [0.4, 0.5) is 0 Å². The normalized spacial score (nSPS) is 12.0. The van der Waals surface area contributed by atoms with E-state index in [0.29, 0.717) is 0 Å². The highest BCUT2D eigenvalue weighted by Gasteiger charge is 2.23. The fourth-order valence-electron chi connectivity index (χ4n) is 0.536. The zero-order chi connectivity index (χ0) is 7.78. The summed E-state index contributed by atoms with van der Waals surface area (Å²) in [5.41, 5.74) is 0.0753. The summed E-state index contributed by atoms with van der Waals surface area (Å²) in [6, 6.07) is 0. The second-order valence-corrected chi connectivity index (χ2v) is 4.36. The Hall–Kier alpha value is -0.510. The van der Waals surface area contributed by atoms with Gasteiger partial charge >= 0.3 is 0 Å². The minimum atomic E-state index is 0.0753. The highest BCUT2D eigenvalue weighted by molar-refractivity contribution is 7.01. The van der Waals surface area contributed by atoms with Gasteiger partial charge in [0.15, 0.2) is 5.21 Å². The summed E-state index contributed by atoms with van der Waals surface area (Å²) in [4.78, 5) is 0.